The molecule has 1 aromatic rings. The average molecular weight is 233 g/mol. The summed E-state index contributed by atoms with van der Waals surface area (Å²) in [6.45, 7) is 8.28. The number of hydrogen-bond acceptors (Lipinski definition) is 1. The third kappa shape index (κ3) is 4.22. The zero-order valence-corrected chi connectivity index (χ0v) is 11.3. The van der Waals surface area contributed by atoms with Crippen LogP contribution in [0.4, 0.5) is 0 Å². The van der Waals surface area contributed by atoms with E-state index >= 15 is 0 Å². The van der Waals surface area contributed by atoms with Gasteiger partial charge in [-0.2, -0.15) is 0 Å². The third-order valence-corrected chi connectivity index (χ3v) is 2.87. The zero-order valence-electron chi connectivity index (χ0n) is 11.3. The molecule has 0 aliphatic carbocycles. The Labute approximate surface area is 105 Å². The summed E-state index contributed by atoms with van der Waals surface area (Å²) in [5.41, 5.74) is 1.23. The molecule has 17 heavy (non-hydrogen) atoms. The number of carbonyl (C=O) groups is 1. The highest BCUT2D eigenvalue weighted by Gasteiger charge is 2.19. The van der Waals surface area contributed by atoms with Crippen molar-refractivity contribution in [3.8, 4) is 0 Å². The van der Waals surface area contributed by atoms with Crippen molar-refractivity contribution in [3.63, 3.8) is 0 Å². The summed E-state index contributed by atoms with van der Waals surface area (Å²) < 4.78 is 0. The van der Waals surface area contributed by atoms with E-state index in [0.717, 1.165) is 6.42 Å². The Morgan fingerprint density at radius 2 is 1.59 bits per heavy atom. The molecule has 0 radical (unpaired) electrons. The summed E-state index contributed by atoms with van der Waals surface area (Å²) in [7, 11) is 0. The van der Waals surface area contributed by atoms with Crippen molar-refractivity contribution in [2.75, 3.05) is 0 Å². The van der Waals surface area contributed by atoms with Gasteiger partial charge in [0, 0.05) is 18.5 Å². The predicted octanol–water partition coefficient (Wildman–Crippen LogP) is 3.26. The number of benzene rings is 1. The summed E-state index contributed by atoms with van der Waals surface area (Å²) in [4.78, 5) is 14.1. The van der Waals surface area contributed by atoms with E-state index in [-0.39, 0.29) is 18.0 Å². The fourth-order valence-corrected chi connectivity index (χ4v) is 2.20. The number of aryl methyl sites for hydroxylation is 1. The molecular weight excluding hydrogens is 210 g/mol. The standard InChI is InChI=1S/C15H23NO/c1-12(2)16(13(3)4)15(17)11-10-14-8-6-5-7-9-14/h5-9,12-13H,10-11H2,1-4H3. The highest BCUT2D eigenvalue weighted by molar-refractivity contribution is 5.77. The summed E-state index contributed by atoms with van der Waals surface area (Å²) in [6, 6.07) is 10.7. The van der Waals surface area contributed by atoms with Gasteiger partial charge in [-0.25, -0.2) is 0 Å². The largest absolute Gasteiger partial charge is 0.338 e. The first-order valence-electron chi connectivity index (χ1n) is 6.37. The van der Waals surface area contributed by atoms with Crippen molar-refractivity contribution >= 4 is 5.91 Å². The van der Waals surface area contributed by atoms with Gasteiger partial charge in [-0.3, -0.25) is 4.79 Å². The van der Waals surface area contributed by atoms with Crippen molar-refractivity contribution in [2.24, 2.45) is 0 Å². The van der Waals surface area contributed by atoms with Crippen LogP contribution in [0.5, 0.6) is 0 Å². The fraction of sp³-hybridized carbons (Fsp3) is 0.533. The van der Waals surface area contributed by atoms with Crippen LogP contribution in [0.1, 0.15) is 39.7 Å². The van der Waals surface area contributed by atoms with Gasteiger partial charge in [0.25, 0.3) is 0 Å². The lowest BCUT2D eigenvalue weighted by atomic mass is 10.1. The van der Waals surface area contributed by atoms with Crippen molar-refractivity contribution in [1.82, 2.24) is 4.90 Å². The van der Waals surface area contributed by atoms with E-state index in [4.69, 9.17) is 0 Å². The van der Waals surface area contributed by atoms with Crippen LogP contribution >= 0.6 is 0 Å². The van der Waals surface area contributed by atoms with Crippen LogP contribution in [-0.4, -0.2) is 22.9 Å². The molecule has 0 heterocycles. The molecule has 1 amide bonds. The van der Waals surface area contributed by atoms with Crippen molar-refractivity contribution in [2.45, 2.75) is 52.6 Å². The Hall–Kier alpha value is -1.31. The van der Waals surface area contributed by atoms with E-state index in [1.807, 2.05) is 23.1 Å². The maximum atomic E-state index is 12.1. The number of amides is 1. The Bertz CT molecular complexity index is 335. The maximum Gasteiger partial charge on any atom is 0.223 e. The van der Waals surface area contributed by atoms with Crippen molar-refractivity contribution < 1.29 is 4.79 Å². The van der Waals surface area contributed by atoms with Crippen molar-refractivity contribution in [3.05, 3.63) is 35.9 Å². The molecule has 0 aromatic heterocycles. The second-order valence-electron chi connectivity index (χ2n) is 4.97. The minimum atomic E-state index is 0.249. The Morgan fingerprint density at radius 3 is 2.06 bits per heavy atom. The molecule has 0 unspecified atom stereocenters. The molecular formula is C15H23NO. The van der Waals surface area contributed by atoms with Gasteiger partial charge >= 0.3 is 0 Å². The molecule has 0 atom stereocenters. The molecule has 0 N–H and O–H groups in total. The highest BCUT2D eigenvalue weighted by atomic mass is 16.2. The van der Waals surface area contributed by atoms with E-state index < -0.39 is 0 Å². The minimum absolute atomic E-state index is 0.249. The summed E-state index contributed by atoms with van der Waals surface area (Å²) in [5.74, 6) is 0.249. The SMILES string of the molecule is CC(C)N(C(=O)CCc1ccccc1)C(C)C. The van der Waals surface area contributed by atoms with E-state index in [1.165, 1.54) is 5.56 Å². The highest BCUT2D eigenvalue weighted by Crippen LogP contribution is 2.10. The van der Waals surface area contributed by atoms with Gasteiger partial charge in [0.1, 0.15) is 0 Å². The quantitative estimate of drug-likeness (QED) is 0.764. The van der Waals surface area contributed by atoms with Crippen LogP contribution in [0, 0.1) is 0 Å². The lowest BCUT2D eigenvalue weighted by Crippen LogP contribution is -2.42. The third-order valence-electron chi connectivity index (χ3n) is 2.87. The lowest BCUT2D eigenvalue weighted by Gasteiger charge is -2.30. The van der Waals surface area contributed by atoms with E-state index in [9.17, 15) is 4.79 Å². The molecule has 2 heteroatoms. The second-order valence-corrected chi connectivity index (χ2v) is 4.97. The van der Waals surface area contributed by atoms with Gasteiger partial charge < -0.3 is 4.90 Å². The summed E-state index contributed by atoms with van der Waals surface area (Å²) in [5, 5.41) is 0. The maximum absolute atomic E-state index is 12.1. The molecule has 1 rings (SSSR count). The first-order valence-corrected chi connectivity index (χ1v) is 6.37. The Kier molecular flexibility index (Phi) is 5.20. The van der Waals surface area contributed by atoms with Crippen molar-refractivity contribution in [1.29, 1.82) is 0 Å². The number of carbonyl (C=O) groups excluding carboxylic acids is 1. The van der Waals surface area contributed by atoms with Crippen LogP contribution in [-0.2, 0) is 11.2 Å². The van der Waals surface area contributed by atoms with Gasteiger partial charge in [0.15, 0.2) is 0 Å². The first kappa shape index (κ1) is 13.8. The van der Waals surface area contributed by atoms with Crippen LogP contribution in [0.3, 0.4) is 0 Å². The van der Waals surface area contributed by atoms with Gasteiger partial charge in [-0.05, 0) is 39.7 Å². The summed E-state index contributed by atoms with van der Waals surface area (Å²) in [6.07, 6.45) is 1.43. The predicted molar refractivity (Wildman–Crippen MR) is 71.9 cm³/mol. The first-order chi connectivity index (χ1) is 8.02. The molecule has 0 saturated heterocycles. The normalized spacial score (nSPS) is 10.9. The number of nitrogens with zero attached hydrogens (tertiary/aromatic N) is 1. The monoisotopic (exact) mass is 233 g/mol. The van der Waals surface area contributed by atoms with Gasteiger partial charge in [0.2, 0.25) is 5.91 Å². The smallest absolute Gasteiger partial charge is 0.223 e. The summed E-state index contributed by atoms with van der Waals surface area (Å²) >= 11 is 0. The topological polar surface area (TPSA) is 20.3 Å². The molecule has 0 aliphatic heterocycles. The van der Waals surface area contributed by atoms with Crippen LogP contribution in [0.15, 0.2) is 30.3 Å². The number of hydrogen-bond donors (Lipinski definition) is 0. The van der Waals surface area contributed by atoms with Crippen LogP contribution in [0.25, 0.3) is 0 Å². The molecule has 0 fully saturated rings. The van der Waals surface area contributed by atoms with Crippen LogP contribution in [0.2, 0.25) is 0 Å². The average Bonchev–Trinajstić information content (AvgIpc) is 2.27. The molecule has 94 valence electrons. The lowest BCUT2D eigenvalue weighted by molar-refractivity contribution is -0.134. The molecule has 0 spiro atoms. The van der Waals surface area contributed by atoms with E-state index in [1.54, 1.807) is 0 Å². The van der Waals surface area contributed by atoms with Gasteiger partial charge in [0.05, 0.1) is 0 Å². The van der Waals surface area contributed by atoms with Gasteiger partial charge in [-0.1, -0.05) is 30.3 Å². The molecule has 0 saturated carbocycles. The molecule has 0 aliphatic rings. The van der Waals surface area contributed by atoms with E-state index in [0.29, 0.717) is 6.42 Å². The van der Waals surface area contributed by atoms with E-state index in [2.05, 4.69) is 39.8 Å². The second kappa shape index (κ2) is 6.43. The van der Waals surface area contributed by atoms with Crippen LogP contribution < -0.4 is 0 Å². The fourth-order valence-electron chi connectivity index (χ4n) is 2.20. The van der Waals surface area contributed by atoms with Gasteiger partial charge in [-0.15, -0.1) is 0 Å². The Balaban J connectivity index is 2.54. The minimum Gasteiger partial charge on any atom is -0.338 e. The zero-order chi connectivity index (χ0) is 12.8. The number of rotatable bonds is 5. The molecule has 2 nitrogen and oxygen atoms in total. The molecule has 0 bridgehead atoms. The Morgan fingerprint density at radius 1 is 1.06 bits per heavy atom. The molecule has 1 aromatic carbocycles.